The second-order valence-electron chi connectivity index (χ2n) is 4.54. The number of carbonyl (C=O) groups is 1. The quantitative estimate of drug-likeness (QED) is 0.871. The van der Waals surface area contributed by atoms with E-state index >= 15 is 0 Å². The lowest BCUT2D eigenvalue weighted by atomic mass is 10.2. The highest BCUT2D eigenvalue weighted by Crippen LogP contribution is 2.13. The Morgan fingerprint density at radius 3 is 2.79 bits per heavy atom. The highest BCUT2D eigenvalue weighted by Gasteiger charge is 2.15. The van der Waals surface area contributed by atoms with Crippen molar-refractivity contribution >= 4 is 11.7 Å². The van der Waals surface area contributed by atoms with Gasteiger partial charge in [0.05, 0.1) is 18.4 Å². The van der Waals surface area contributed by atoms with E-state index in [1.54, 1.807) is 14.1 Å². The lowest BCUT2D eigenvalue weighted by Gasteiger charge is -2.11. The third-order valence-electron chi connectivity index (χ3n) is 2.69. The Balaban J connectivity index is 2.06. The van der Waals surface area contributed by atoms with Crippen molar-refractivity contribution in [2.45, 2.75) is 13.5 Å². The van der Waals surface area contributed by atoms with Gasteiger partial charge in [-0.1, -0.05) is 6.07 Å². The van der Waals surface area contributed by atoms with Gasteiger partial charge in [-0.2, -0.15) is 5.10 Å². The van der Waals surface area contributed by atoms with Crippen LogP contribution in [0.5, 0.6) is 0 Å². The van der Waals surface area contributed by atoms with Crippen LogP contribution in [0.15, 0.2) is 24.5 Å². The van der Waals surface area contributed by atoms with E-state index in [-0.39, 0.29) is 5.91 Å². The molecule has 2 rings (SSSR count). The predicted octanol–water partition coefficient (Wildman–Crippen LogP) is 1.43. The fourth-order valence-electron chi connectivity index (χ4n) is 1.61. The first-order valence-corrected chi connectivity index (χ1v) is 5.98. The average Bonchev–Trinajstić information content (AvgIpc) is 2.85. The lowest BCUT2D eigenvalue weighted by Crippen LogP contribution is -2.22. The zero-order valence-corrected chi connectivity index (χ0v) is 11.3. The monoisotopic (exact) mass is 259 g/mol. The number of carbonyl (C=O) groups excluding carboxylic acids is 1. The third kappa shape index (κ3) is 3.09. The van der Waals surface area contributed by atoms with Gasteiger partial charge in [0.15, 0.2) is 0 Å². The van der Waals surface area contributed by atoms with Gasteiger partial charge in [0.2, 0.25) is 0 Å². The summed E-state index contributed by atoms with van der Waals surface area (Å²) in [5, 5.41) is 9.82. The zero-order chi connectivity index (χ0) is 13.8. The smallest absolute Gasteiger partial charge is 0.258 e. The van der Waals surface area contributed by atoms with Crippen molar-refractivity contribution in [3.63, 3.8) is 0 Å². The number of amides is 1. The van der Waals surface area contributed by atoms with Crippen molar-refractivity contribution in [2.75, 3.05) is 19.4 Å². The fourth-order valence-corrected chi connectivity index (χ4v) is 1.61. The maximum absolute atomic E-state index is 11.9. The van der Waals surface area contributed by atoms with Crippen LogP contribution in [-0.2, 0) is 6.54 Å². The highest BCUT2D eigenvalue weighted by atomic mass is 16.2. The van der Waals surface area contributed by atoms with E-state index in [0.29, 0.717) is 17.9 Å². The molecule has 0 aliphatic heterocycles. The van der Waals surface area contributed by atoms with Gasteiger partial charge in [0.25, 0.3) is 5.91 Å². The first-order valence-electron chi connectivity index (χ1n) is 5.98. The van der Waals surface area contributed by atoms with Crippen LogP contribution in [-0.4, -0.2) is 40.1 Å². The molecule has 0 aromatic carbocycles. The molecule has 2 aromatic heterocycles. The minimum absolute atomic E-state index is 0.0897. The molecule has 0 saturated heterocycles. The molecule has 2 aromatic rings. The molecular formula is C13H17N5O. The van der Waals surface area contributed by atoms with E-state index in [4.69, 9.17) is 0 Å². The number of hydrogen-bond donors (Lipinski definition) is 2. The minimum Gasteiger partial charge on any atom is -0.364 e. The Bertz CT molecular complexity index is 559. The fraction of sp³-hybridized carbons (Fsp3) is 0.308. The Kier molecular flexibility index (Phi) is 3.79. The molecule has 0 aliphatic rings. The van der Waals surface area contributed by atoms with Crippen molar-refractivity contribution < 1.29 is 4.79 Å². The predicted molar refractivity (Wildman–Crippen MR) is 72.9 cm³/mol. The molecular weight excluding hydrogens is 242 g/mol. The van der Waals surface area contributed by atoms with Gasteiger partial charge in [0.1, 0.15) is 11.4 Å². The Morgan fingerprint density at radius 2 is 2.16 bits per heavy atom. The van der Waals surface area contributed by atoms with Crippen LogP contribution in [0.4, 0.5) is 5.82 Å². The Labute approximate surface area is 111 Å². The summed E-state index contributed by atoms with van der Waals surface area (Å²) in [5.74, 6) is 0.522. The van der Waals surface area contributed by atoms with Crippen LogP contribution in [0.2, 0.25) is 0 Å². The number of pyridine rings is 1. The molecule has 0 spiro atoms. The van der Waals surface area contributed by atoms with Crippen molar-refractivity contribution in [2.24, 2.45) is 0 Å². The molecule has 0 bridgehead atoms. The SMILES string of the molecule is Cc1ccc(CNc2[nH]ncc2C(=O)N(C)C)nc1. The molecule has 0 fully saturated rings. The maximum atomic E-state index is 11.9. The topological polar surface area (TPSA) is 73.9 Å². The normalized spacial score (nSPS) is 10.3. The van der Waals surface area contributed by atoms with Crippen molar-refractivity contribution in [3.8, 4) is 0 Å². The Hall–Kier alpha value is -2.37. The largest absolute Gasteiger partial charge is 0.364 e. The molecule has 100 valence electrons. The number of rotatable bonds is 4. The number of aryl methyl sites for hydroxylation is 1. The number of aromatic amines is 1. The number of nitrogens with zero attached hydrogens (tertiary/aromatic N) is 3. The molecule has 0 atom stereocenters. The van der Waals surface area contributed by atoms with Crippen molar-refractivity contribution in [1.29, 1.82) is 0 Å². The molecule has 6 nitrogen and oxygen atoms in total. The van der Waals surface area contributed by atoms with Gasteiger partial charge in [-0.15, -0.1) is 0 Å². The van der Waals surface area contributed by atoms with Gasteiger partial charge in [0, 0.05) is 20.3 Å². The van der Waals surface area contributed by atoms with Crippen LogP contribution >= 0.6 is 0 Å². The molecule has 0 saturated carbocycles. The maximum Gasteiger partial charge on any atom is 0.258 e. The van der Waals surface area contributed by atoms with Gasteiger partial charge in [-0.25, -0.2) is 0 Å². The van der Waals surface area contributed by atoms with E-state index in [2.05, 4.69) is 20.5 Å². The Morgan fingerprint density at radius 1 is 1.37 bits per heavy atom. The second-order valence-corrected chi connectivity index (χ2v) is 4.54. The number of anilines is 1. The molecule has 6 heteroatoms. The van der Waals surface area contributed by atoms with Gasteiger partial charge < -0.3 is 10.2 Å². The first kappa shape index (κ1) is 13.1. The summed E-state index contributed by atoms with van der Waals surface area (Å²) in [6, 6.07) is 3.95. The number of H-pyrrole nitrogens is 1. The van der Waals surface area contributed by atoms with E-state index < -0.39 is 0 Å². The number of nitrogens with one attached hydrogen (secondary N) is 2. The van der Waals surface area contributed by atoms with Crippen LogP contribution < -0.4 is 5.32 Å². The minimum atomic E-state index is -0.0897. The molecule has 0 aliphatic carbocycles. The number of hydrogen-bond acceptors (Lipinski definition) is 4. The highest BCUT2D eigenvalue weighted by molar-refractivity contribution is 5.98. The molecule has 1 amide bonds. The average molecular weight is 259 g/mol. The molecule has 0 radical (unpaired) electrons. The lowest BCUT2D eigenvalue weighted by molar-refractivity contribution is 0.0828. The van der Waals surface area contributed by atoms with Crippen LogP contribution in [0.25, 0.3) is 0 Å². The summed E-state index contributed by atoms with van der Waals surface area (Å²) in [5.41, 5.74) is 2.55. The standard InChI is InChI=1S/C13H17N5O/c1-9-4-5-10(14-6-9)7-15-12-11(8-16-17-12)13(19)18(2)3/h4-6,8H,7H2,1-3H3,(H2,15,16,17). The van der Waals surface area contributed by atoms with E-state index in [1.807, 2.05) is 25.3 Å². The summed E-state index contributed by atoms with van der Waals surface area (Å²) in [7, 11) is 3.42. The first-order chi connectivity index (χ1) is 9.08. The summed E-state index contributed by atoms with van der Waals surface area (Å²) in [6.45, 7) is 2.53. The van der Waals surface area contributed by atoms with Gasteiger partial charge >= 0.3 is 0 Å². The van der Waals surface area contributed by atoms with Crippen LogP contribution in [0.3, 0.4) is 0 Å². The molecule has 2 heterocycles. The van der Waals surface area contributed by atoms with E-state index in [0.717, 1.165) is 11.3 Å². The summed E-state index contributed by atoms with van der Waals surface area (Å²) in [6.07, 6.45) is 3.34. The van der Waals surface area contributed by atoms with Gasteiger partial charge in [-0.3, -0.25) is 14.9 Å². The van der Waals surface area contributed by atoms with Crippen molar-refractivity contribution in [1.82, 2.24) is 20.1 Å². The summed E-state index contributed by atoms with van der Waals surface area (Å²) < 4.78 is 0. The molecule has 0 unspecified atom stereocenters. The van der Waals surface area contributed by atoms with Crippen LogP contribution in [0.1, 0.15) is 21.6 Å². The third-order valence-corrected chi connectivity index (χ3v) is 2.69. The summed E-state index contributed by atoms with van der Waals surface area (Å²) >= 11 is 0. The van der Waals surface area contributed by atoms with Crippen LogP contribution in [0, 0.1) is 6.92 Å². The van der Waals surface area contributed by atoms with Gasteiger partial charge in [-0.05, 0) is 18.6 Å². The number of aromatic nitrogens is 3. The molecule has 2 N–H and O–H groups in total. The second kappa shape index (κ2) is 5.51. The van der Waals surface area contributed by atoms with E-state index in [9.17, 15) is 4.79 Å². The summed E-state index contributed by atoms with van der Waals surface area (Å²) in [4.78, 5) is 17.7. The van der Waals surface area contributed by atoms with E-state index in [1.165, 1.54) is 11.1 Å². The zero-order valence-electron chi connectivity index (χ0n) is 11.3. The van der Waals surface area contributed by atoms with Crippen molar-refractivity contribution in [3.05, 3.63) is 41.3 Å². The molecule has 19 heavy (non-hydrogen) atoms.